The lowest BCUT2D eigenvalue weighted by atomic mass is 9.77. The van der Waals surface area contributed by atoms with E-state index in [9.17, 15) is 4.79 Å². The van der Waals surface area contributed by atoms with Gasteiger partial charge in [-0.2, -0.15) is 0 Å². The molecule has 1 heterocycles. The Morgan fingerprint density at radius 1 is 0.789 bits per heavy atom. The van der Waals surface area contributed by atoms with Crippen LogP contribution in [-0.4, -0.2) is 33.3 Å². The lowest BCUT2D eigenvalue weighted by Gasteiger charge is -2.37. The zero-order chi connectivity index (χ0) is 26.2. The lowest BCUT2D eigenvalue weighted by Crippen LogP contribution is -2.44. The number of nitrogens with zero attached hydrogens (tertiary/aromatic N) is 4. The van der Waals surface area contributed by atoms with Gasteiger partial charge in [0.2, 0.25) is 0 Å². The molecule has 0 saturated heterocycles. The molecule has 5 rings (SSSR count). The zero-order valence-corrected chi connectivity index (χ0v) is 21.1. The van der Waals surface area contributed by atoms with E-state index in [0.717, 1.165) is 22.3 Å². The molecule has 5 aromatic rings. The number of benzene rings is 4. The quantitative estimate of drug-likeness (QED) is 0.216. The second kappa shape index (κ2) is 11.6. The Bertz CT molecular complexity index is 1340. The minimum absolute atomic E-state index is 0.111. The van der Waals surface area contributed by atoms with Crippen molar-refractivity contribution in [1.29, 1.82) is 0 Å². The Kier molecular flexibility index (Phi) is 7.66. The van der Waals surface area contributed by atoms with Crippen molar-refractivity contribution in [2.24, 2.45) is 0 Å². The van der Waals surface area contributed by atoms with Crippen molar-refractivity contribution in [2.45, 2.75) is 24.5 Å². The normalized spacial score (nSPS) is 12.1. The smallest absolute Gasteiger partial charge is 0.308 e. The van der Waals surface area contributed by atoms with Gasteiger partial charge in [0.05, 0.1) is 31.7 Å². The van der Waals surface area contributed by atoms with Gasteiger partial charge in [0.15, 0.2) is 5.82 Å². The molecule has 0 spiro atoms. The molecule has 0 amide bonds. The highest BCUT2D eigenvalue weighted by Crippen LogP contribution is 2.37. The van der Waals surface area contributed by atoms with Crippen LogP contribution in [0.2, 0.25) is 0 Å². The van der Waals surface area contributed by atoms with Crippen molar-refractivity contribution < 1.29 is 9.53 Å². The SMILES string of the molecule is COC(=O)C[C@@H](c1ccccc1)n1nnnc1CNC(c1ccccc1)(c1ccccc1)c1ccccc1. The lowest BCUT2D eigenvalue weighted by molar-refractivity contribution is -0.141. The van der Waals surface area contributed by atoms with Crippen molar-refractivity contribution in [3.63, 3.8) is 0 Å². The summed E-state index contributed by atoms with van der Waals surface area (Å²) in [6.45, 7) is 0.343. The first-order valence-corrected chi connectivity index (χ1v) is 12.5. The van der Waals surface area contributed by atoms with Crippen LogP contribution in [0.3, 0.4) is 0 Å². The number of rotatable bonds is 10. The monoisotopic (exact) mass is 503 g/mol. The third kappa shape index (κ3) is 5.10. The molecule has 0 aliphatic carbocycles. The summed E-state index contributed by atoms with van der Waals surface area (Å²) < 4.78 is 6.70. The standard InChI is InChI=1S/C31H29N5O2/c1-38-30(37)22-28(24-14-6-2-7-15-24)36-29(33-34-35-36)23-32-31(25-16-8-3-9-17-25,26-18-10-4-11-19-26)27-20-12-5-13-21-27/h2-21,28,32H,22-23H2,1H3/t28-/m0/s1. The molecule has 0 saturated carbocycles. The highest BCUT2D eigenvalue weighted by molar-refractivity contribution is 5.70. The first-order chi connectivity index (χ1) is 18.7. The number of tetrazole rings is 1. The average Bonchev–Trinajstić information content (AvgIpc) is 3.46. The summed E-state index contributed by atoms with van der Waals surface area (Å²) >= 11 is 0. The van der Waals surface area contributed by atoms with Gasteiger partial charge in [0, 0.05) is 0 Å². The van der Waals surface area contributed by atoms with E-state index in [1.165, 1.54) is 7.11 Å². The van der Waals surface area contributed by atoms with E-state index >= 15 is 0 Å². The number of ether oxygens (including phenoxy) is 1. The maximum absolute atomic E-state index is 12.4. The Balaban J connectivity index is 1.58. The van der Waals surface area contributed by atoms with E-state index in [-0.39, 0.29) is 12.4 Å². The van der Waals surface area contributed by atoms with Gasteiger partial charge in [-0.25, -0.2) is 4.68 Å². The van der Waals surface area contributed by atoms with Crippen molar-refractivity contribution >= 4 is 5.97 Å². The maximum atomic E-state index is 12.4. The maximum Gasteiger partial charge on any atom is 0.308 e. The predicted molar refractivity (Wildman–Crippen MR) is 145 cm³/mol. The number of aromatic nitrogens is 4. The van der Waals surface area contributed by atoms with Crippen LogP contribution in [0.1, 0.15) is 40.5 Å². The zero-order valence-electron chi connectivity index (χ0n) is 21.1. The van der Waals surface area contributed by atoms with Gasteiger partial charge in [-0.05, 0) is 32.7 Å². The van der Waals surface area contributed by atoms with Crippen LogP contribution in [0.5, 0.6) is 0 Å². The molecule has 0 unspecified atom stereocenters. The van der Waals surface area contributed by atoms with E-state index in [1.807, 2.05) is 84.9 Å². The molecule has 0 bridgehead atoms. The van der Waals surface area contributed by atoms with Crippen molar-refractivity contribution in [2.75, 3.05) is 7.11 Å². The molecule has 0 radical (unpaired) electrons. The minimum Gasteiger partial charge on any atom is -0.469 e. The van der Waals surface area contributed by atoms with Crippen LogP contribution in [0.25, 0.3) is 0 Å². The molecule has 7 heteroatoms. The highest BCUT2D eigenvalue weighted by Gasteiger charge is 2.36. The van der Waals surface area contributed by atoms with Crippen LogP contribution in [0, 0.1) is 0 Å². The van der Waals surface area contributed by atoms with Crippen LogP contribution in [-0.2, 0) is 21.6 Å². The fraction of sp³-hybridized carbons (Fsp3) is 0.161. The molecule has 38 heavy (non-hydrogen) atoms. The first kappa shape index (κ1) is 25.0. The fourth-order valence-electron chi connectivity index (χ4n) is 4.91. The van der Waals surface area contributed by atoms with Crippen molar-refractivity contribution in [3.8, 4) is 0 Å². The summed E-state index contributed by atoms with van der Waals surface area (Å²) in [7, 11) is 1.39. The number of carbonyl (C=O) groups excluding carboxylic acids is 1. The fourth-order valence-corrected chi connectivity index (χ4v) is 4.91. The molecule has 0 aliphatic heterocycles. The summed E-state index contributed by atoms with van der Waals surface area (Å²) in [6.07, 6.45) is 0.111. The van der Waals surface area contributed by atoms with Crippen LogP contribution >= 0.6 is 0 Å². The molecular formula is C31H29N5O2. The van der Waals surface area contributed by atoms with Crippen molar-refractivity contribution in [3.05, 3.63) is 149 Å². The molecule has 0 fully saturated rings. The van der Waals surface area contributed by atoms with Crippen LogP contribution < -0.4 is 5.32 Å². The molecule has 0 aliphatic rings. The van der Waals surface area contributed by atoms with E-state index in [4.69, 9.17) is 4.74 Å². The Morgan fingerprint density at radius 2 is 1.26 bits per heavy atom. The van der Waals surface area contributed by atoms with Crippen LogP contribution in [0.15, 0.2) is 121 Å². The van der Waals surface area contributed by atoms with Gasteiger partial charge in [-0.3, -0.25) is 10.1 Å². The number of esters is 1. The van der Waals surface area contributed by atoms with Gasteiger partial charge >= 0.3 is 5.97 Å². The number of methoxy groups -OCH3 is 1. The Labute approximate surface area is 222 Å². The van der Waals surface area contributed by atoms with E-state index in [1.54, 1.807) is 4.68 Å². The largest absolute Gasteiger partial charge is 0.469 e. The number of hydrogen-bond acceptors (Lipinski definition) is 6. The number of nitrogens with one attached hydrogen (secondary N) is 1. The molecule has 1 aromatic heterocycles. The Hall–Kier alpha value is -4.62. The molecule has 1 N–H and O–H groups in total. The van der Waals surface area contributed by atoms with Gasteiger partial charge in [0.1, 0.15) is 0 Å². The third-order valence-electron chi connectivity index (χ3n) is 6.76. The molecule has 190 valence electrons. The van der Waals surface area contributed by atoms with E-state index in [2.05, 4.69) is 57.2 Å². The topological polar surface area (TPSA) is 81.9 Å². The van der Waals surface area contributed by atoms with E-state index in [0.29, 0.717) is 12.4 Å². The number of hydrogen-bond donors (Lipinski definition) is 1. The summed E-state index contributed by atoms with van der Waals surface area (Å²) in [5.74, 6) is 0.274. The van der Waals surface area contributed by atoms with Gasteiger partial charge in [-0.15, -0.1) is 5.10 Å². The minimum atomic E-state index is -0.675. The summed E-state index contributed by atoms with van der Waals surface area (Å²) in [4.78, 5) is 12.4. The third-order valence-corrected chi connectivity index (χ3v) is 6.76. The second-order valence-corrected chi connectivity index (χ2v) is 8.95. The molecule has 4 aromatic carbocycles. The molecular weight excluding hydrogens is 474 g/mol. The number of carbonyl (C=O) groups is 1. The summed E-state index contributed by atoms with van der Waals surface area (Å²) in [6, 6.07) is 40.4. The summed E-state index contributed by atoms with van der Waals surface area (Å²) in [5.41, 5.74) is 3.51. The van der Waals surface area contributed by atoms with Gasteiger partial charge in [-0.1, -0.05) is 121 Å². The highest BCUT2D eigenvalue weighted by atomic mass is 16.5. The summed E-state index contributed by atoms with van der Waals surface area (Å²) in [5, 5.41) is 16.5. The average molecular weight is 504 g/mol. The van der Waals surface area contributed by atoms with E-state index < -0.39 is 11.6 Å². The van der Waals surface area contributed by atoms with Crippen LogP contribution in [0.4, 0.5) is 0 Å². The first-order valence-electron chi connectivity index (χ1n) is 12.5. The van der Waals surface area contributed by atoms with Gasteiger partial charge < -0.3 is 4.74 Å². The van der Waals surface area contributed by atoms with Crippen molar-refractivity contribution in [1.82, 2.24) is 25.5 Å². The molecule has 7 nitrogen and oxygen atoms in total. The van der Waals surface area contributed by atoms with Gasteiger partial charge in [0.25, 0.3) is 0 Å². The second-order valence-electron chi connectivity index (χ2n) is 8.95. The molecule has 1 atom stereocenters. The predicted octanol–water partition coefficient (Wildman–Crippen LogP) is 4.91. The Morgan fingerprint density at radius 3 is 1.74 bits per heavy atom.